The van der Waals surface area contributed by atoms with E-state index in [-0.39, 0.29) is 196 Å². The molecule has 800 valence electrons. The summed E-state index contributed by atoms with van der Waals surface area (Å²) in [4.78, 5) is 163. The number of carboxylic acids is 1. The number of methoxy groups -OCH3 is 6. The average molecular weight is 2020 g/mol. The van der Waals surface area contributed by atoms with Crippen LogP contribution in [-0.2, 0) is 130 Å². The first-order valence-electron chi connectivity index (χ1n) is 47.9. The van der Waals surface area contributed by atoms with Gasteiger partial charge in [-0.25, -0.2) is 9.78 Å². The maximum absolute atomic E-state index is 14.5. The van der Waals surface area contributed by atoms with Crippen LogP contribution in [0, 0.1) is 23.7 Å². The highest BCUT2D eigenvalue weighted by Gasteiger charge is 2.44. The number of pyridine rings is 1. The summed E-state index contributed by atoms with van der Waals surface area (Å²) in [5.74, 6) is -5.66. The molecule has 1 saturated heterocycles. The number of carbonyl (C=O) groups is 12. The summed E-state index contributed by atoms with van der Waals surface area (Å²) in [6.45, 7) is 22.4. The Hall–Kier alpha value is -7.93. The van der Waals surface area contributed by atoms with Gasteiger partial charge in [0.05, 0.1) is 107 Å². The number of esters is 4. The highest BCUT2D eigenvalue weighted by molar-refractivity contribution is 8.76. The first-order chi connectivity index (χ1) is 66.3. The average Bonchev–Trinajstić information content (AvgIpc) is 1.75. The van der Waals surface area contributed by atoms with Crippen molar-refractivity contribution < 1.29 is 154 Å². The van der Waals surface area contributed by atoms with Crippen LogP contribution in [0.4, 0.5) is 0 Å². The molecule has 9 unspecified atom stereocenters. The SMILES string of the molecule is CCC(CO)OC(CO)OC.CCC(CO)OC(COC(=O)CCCC(=O)NC(C)C(=O)OCCCNC(=O)[C@H](Cc1ccccc1)NC(=O)[C@H](C)[C@@H](OC)[C@@H]1CCCN1C(=O)C[C@@H](OC)[C@H]([C@@H](C)CC)N(C)C(=O)[C@H](NC(=O)[C@H](C(C)C)N(C)C)C(C)C)OC.CCC(CO)OC(COC(=O)CCCC(=O)NCCSSc1ccccn1)OC.CCC(CO)OC(COC(=O)CCCC(=O)O)OC. The second-order valence-electron chi connectivity index (χ2n) is 34.0. The molecule has 2 aromatic rings. The van der Waals surface area contributed by atoms with Gasteiger partial charge in [-0.05, 0) is 131 Å². The van der Waals surface area contributed by atoms with Crippen molar-refractivity contribution in [2.45, 2.75) is 308 Å². The Balaban J connectivity index is 0.00000257. The molecular weight excluding hydrogens is 1860 g/mol. The third-order valence-electron chi connectivity index (χ3n) is 22.4. The van der Waals surface area contributed by atoms with E-state index in [4.69, 9.17) is 91.8 Å². The molecule has 0 spiro atoms. The molecule has 139 heavy (non-hydrogen) atoms. The number of hydrogen-bond acceptors (Lipinski definition) is 35. The Morgan fingerprint density at radius 1 is 0.518 bits per heavy atom. The Morgan fingerprint density at radius 3 is 1.45 bits per heavy atom. The normalized spacial score (nSPS) is 16.1. The van der Waals surface area contributed by atoms with Crippen LogP contribution in [0.3, 0.4) is 0 Å². The van der Waals surface area contributed by atoms with E-state index in [9.17, 15) is 62.6 Å². The van der Waals surface area contributed by atoms with Gasteiger partial charge in [-0.2, -0.15) is 0 Å². The molecule has 0 radical (unpaired) electrons. The first-order valence-corrected chi connectivity index (χ1v) is 50.2. The van der Waals surface area contributed by atoms with Crippen molar-refractivity contribution >= 4 is 92.8 Å². The molecule has 1 aromatic heterocycles. The van der Waals surface area contributed by atoms with Crippen LogP contribution in [-0.4, -0.2) is 368 Å². The highest BCUT2D eigenvalue weighted by atomic mass is 33.1. The number of nitrogens with zero attached hydrogens (tertiary/aromatic N) is 4. The maximum atomic E-state index is 14.5. The standard InChI is InChI=1S/C58H99N7O15.C19H30N2O6S2.C12H22O7.C7H16O4/c1-16-38(7)52(64(12)57(73)50(36(3)4)62-56(72)51(37(5)6)63(10)11)45(75-13)33-47(68)65-30-22-26-44(65)53(77-15)39(8)54(70)61-43(32-41-24-19-18-20-25-41)55(71)59-29-23-31-78-58(74)40(9)60-46(67)27-21-28-48(69)79-35-49(76-14)80-42(17-2)34-66;1-3-15(13-22)27-19(25-2)14-26-18(24)9-6-7-16(23)20-11-12-28-29-17-8-4-5-10-21-17;1-3-9(7-13)19-12(17-2)8-18-11(16)6-4-5-10(14)15;1-3-6(4-8)11-7(5-9)10-2/h18-20,24-25,36-40,42-45,49-53,66H,16-17,21-23,26-35H2,1-15H3,(H,59,71)(H,60,67)(H,61,70)(H,62,72);4-5,8,10,15,19,22H,3,6-7,9,11-14H2,1-2H3,(H,20,23);9,12-13H,3-8H2,1-2H3,(H,14,15);6-9H,3-5H2,1-2H3/t38-,39+,40?,42?,43-,44-,45+,49?,50+,51-,52-,53+;;;/m0.../s1. The smallest absolute Gasteiger partial charge is 0.328 e. The molecule has 43 heteroatoms. The van der Waals surface area contributed by atoms with Crippen LogP contribution < -0.4 is 26.6 Å². The number of aliphatic hydroxyl groups excluding tert-OH is 5. The lowest BCUT2D eigenvalue weighted by molar-refractivity contribution is -0.194. The molecule has 7 amide bonds. The molecule has 18 atom stereocenters. The van der Waals surface area contributed by atoms with Gasteiger partial charge in [0.15, 0.2) is 25.2 Å². The summed E-state index contributed by atoms with van der Waals surface area (Å²) >= 11 is 0. The van der Waals surface area contributed by atoms with E-state index in [1.807, 2.05) is 137 Å². The molecule has 3 rings (SSSR count). The number of ether oxygens (including phenoxy) is 14. The fraction of sp³-hybridized carbons (Fsp3) is 0.760. The summed E-state index contributed by atoms with van der Waals surface area (Å²) in [5.41, 5.74) is 0.802. The topological polar surface area (TPSA) is 538 Å². The summed E-state index contributed by atoms with van der Waals surface area (Å²) in [7, 11) is 17.3. The Kier molecular flexibility index (Phi) is 74.1. The summed E-state index contributed by atoms with van der Waals surface area (Å²) in [5, 5.41) is 68.3. The lowest BCUT2D eigenvalue weighted by Gasteiger charge is -2.41. The molecule has 1 aliphatic heterocycles. The van der Waals surface area contributed by atoms with Gasteiger partial charge in [0.2, 0.25) is 41.4 Å². The van der Waals surface area contributed by atoms with Crippen LogP contribution >= 0.6 is 21.6 Å². The van der Waals surface area contributed by atoms with Gasteiger partial charge in [0.25, 0.3) is 0 Å². The largest absolute Gasteiger partial charge is 0.481 e. The van der Waals surface area contributed by atoms with Crippen molar-refractivity contribution in [2.75, 3.05) is 149 Å². The van der Waals surface area contributed by atoms with Crippen molar-refractivity contribution in [3.63, 3.8) is 0 Å². The number of likely N-dealkylation sites (N-methyl/N-ethyl adjacent to an activating group) is 2. The molecule has 0 saturated carbocycles. The third-order valence-corrected chi connectivity index (χ3v) is 24.7. The van der Waals surface area contributed by atoms with Gasteiger partial charge in [0, 0.05) is 126 Å². The zero-order chi connectivity index (χ0) is 105. The molecule has 11 N–H and O–H groups in total. The number of hydrogen-bond donors (Lipinski definition) is 11. The number of aliphatic carboxylic acids is 1. The zero-order valence-corrected chi connectivity index (χ0v) is 87.4. The van der Waals surface area contributed by atoms with Gasteiger partial charge < -0.3 is 133 Å². The number of rotatable bonds is 71. The quantitative estimate of drug-likeness (QED) is 0.0117. The molecule has 1 aromatic carbocycles. The molecule has 41 nitrogen and oxygen atoms in total. The highest BCUT2D eigenvalue weighted by Crippen LogP contribution is 2.32. The van der Waals surface area contributed by atoms with E-state index in [1.54, 1.807) is 51.6 Å². The number of aromatic nitrogens is 1. The minimum Gasteiger partial charge on any atom is -0.481 e. The molecule has 0 aliphatic carbocycles. The zero-order valence-electron chi connectivity index (χ0n) is 85.8. The van der Waals surface area contributed by atoms with Crippen molar-refractivity contribution in [3.8, 4) is 0 Å². The number of amides is 7. The Bertz CT molecular complexity index is 3650. The number of aliphatic hydroxyl groups is 5. The van der Waals surface area contributed by atoms with E-state index < -0.39 is 133 Å². The number of likely N-dealkylation sites (tertiary alicyclic amines) is 1. The van der Waals surface area contributed by atoms with Gasteiger partial charge in [0.1, 0.15) is 43.0 Å². The molecule has 2 heterocycles. The van der Waals surface area contributed by atoms with Crippen LogP contribution in [0.1, 0.15) is 204 Å². The lowest BCUT2D eigenvalue weighted by Crippen LogP contribution is -2.59. The fourth-order valence-corrected chi connectivity index (χ4v) is 15.9. The lowest BCUT2D eigenvalue weighted by atomic mass is 9.89. The number of nitrogens with one attached hydrogen (secondary N) is 5. The predicted molar refractivity (Wildman–Crippen MR) is 520 cm³/mol. The second-order valence-corrected chi connectivity index (χ2v) is 36.4. The van der Waals surface area contributed by atoms with Gasteiger partial charge in [-0.15, -0.1) is 0 Å². The Morgan fingerprint density at radius 2 is 1.01 bits per heavy atom. The van der Waals surface area contributed by atoms with Gasteiger partial charge in [-0.3, -0.25) is 57.6 Å². The van der Waals surface area contributed by atoms with Crippen molar-refractivity contribution in [3.05, 3.63) is 60.3 Å². The van der Waals surface area contributed by atoms with E-state index >= 15 is 0 Å². The van der Waals surface area contributed by atoms with Crippen LogP contribution in [0.2, 0.25) is 0 Å². The molecular formula is C96H167N9O32S2. The first kappa shape index (κ1) is 131. The molecule has 0 bridgehead atoms. The summed E-state index contributed by atoms with van der Waals surface area (Å²) in [6, 6.07) is 10.7. The van der Waals surface area contributed by atoms with Crippen molar-refractivity contribution in [1.29, 1.82) is 0 Å². The number of benzene rings is 1. The number of carboxylic acid groups (broad SMARTS) is 1. The molecule has 1 fully saturated rings. The second kappa shape index (κ2) is 78.6. The monoisotopic (exact) mass is 2020 g/mol. The van der Waals surface area contributed by atoms with Crippen molar-refractivity contribution in [2.24, 2.45) is 23.7 Å². The number of carbonyl (C=O) groups excluding carboxylic acids is 11. The van der Waals surface area contributed by atoms with Gasteiger partial charge >= 0.3 is 29.8 Å². The fourth-order valence-electron chi connectivity index (χ4n) is 14.1. The van der Waals surface area contributed by atoms with Crippen LogP contribution in [0.15, 0.2) is 59.8 Å². The van der Waals surface area contributed by atoms with E-state index in [2.05, 4.69) is 31.6 Å². The summed E-state index contributed by atoms with van der Waals surface area (Å²) < 4.78 is 74.0. The van der Waals surface area contributed by atoms with E-state index in [0.717, 1.165) is 16.3 Å². The minimum absolute atomic E-state index is 0.00492. The van der Waals surface area contributed by atoms with Gasteiger partial charge in [-0.1, -0.05) is 130 Å². The summed E-state index contributed by atoms with van der Waals surface area (Å²) in [6.07, 6.45) is 1.79. The van der Waals surface area contributed by atoms with Crippen molar-refractivity contribution in [1.82, 2.24) is 46.3 Å². The van der Waals surface area contributed by atoms with Crippen LogP contribution in [0.25, 0.3) is 0 Å². The minimum atomic E-state index is -1.000. The Labute approximate surface area is 830 Å². The van der Waals surface area contributed by atoms with Crippen LogP contribution in [0.5, 0.6) is 0 Å². The third kappa shape index (κ3) is 56.1. The molecule has 1 aliphatic rings. The van der Waals surface area contributed by atoms with E-state index in [0.29, 0.717) is 64.5 Å². The van der Waals surface area contributed by atoms with E-state index in [1.165, 1.54) is 49.6 Å². The predicted octanol–water partition coefficient (Wildman–Crippen LogP) is 6.08. The maximum Gasteiger partial charge on any atom is 0.328 e.